The molecule has 24 heavy (non-hydrogen) atoms. The third-order valence-corrected chi connectivity index (χ3v) is 4.68. The molecule has 7 heteroatoms. The van der Waals surface area contributed by atoms with Gasteiger partial charge in [0.25, 0.3) is 5.56 Å². The Balaban J connectivity index is 1.57. The number of hydrogen-bond donors (Lipinski definition) is 0. The first-order valence-corrected chi connectivity index (χ1v) is 8.28. The summed E-state index contributed by atoms with van der Waals surface area (Å²) >= 11 is 0. The maximum atomic E-state index is 11.7. The molecule has 0 atom stereocenters. The normalized spacial score (nSPS) is 16.3. The lowest BCUT2D eigenvalue weighted by Crippen LogP contribution is -2.43. The van der Waals surface area contributed by atoms with Crippen molar-refractivity contribution in [3.8, 4) is 0 Å². The van der Waals surface area contributed by atoms with E-state index in [0.717, 1.165) is 49.7 Å². The molecule has 0 aromatic carbocycles. The lowest BCUT2D eigenvalue weighted by atomic mass is 10.0. The van der Waals surface area contributed by atoms with Crippen LogP contribution in [0.1, 0.15) is 24.2 Å². The van der Waals surface area contributed by atoms with Crippen LogP contribution in [0.25, 0.3) is 0 Å². The third-order valence-electron chi connectivity index (χ3n) is 4.68. The minimum Gasteiger partial charge on any atom is -0.356 e. The molecular formula is C17H24N6O. The molecule has 1 aliphatic heterocycles. The summed E-state index contributed by atoms with van der Waals surface area (Å²) in [6.45, 7) is 4.71. The highest BCUT2D eigenvalue weighted by molar-refractivity contribution is 5.39. The highest BCUT2D eigenvalue weighted by atomic mass is 16.1. The minimum atomic E-state index is -0.00579. The van der Waals surface area contributed by atoms with Gasteiger partial charge in [0.2, 0.25) is 0 Å². The molecule has 128 valence electrons. The Hall–Kier alpha value is -2.28. The number of rotatable bonds is 4. The van der Waals surface area contributed by atoms with Crippen LogP contribution in [0.15, 0.2) is 29.6 Å². The summed E-state index contributed by atoms with van der Waals surface area (Å²) in [5.74, 6) is 0.981. The van der Waals surface area contributed by atoms with Gasteiger partial charge in [-0.2, -0.15) is 0 Å². The fraction of sp³-hybridized carbons (Fsp3) is 0.529. The SMILES string of the molecule is Cc1cc(N(C)C2CCN(Cc3cc(=O)n(C)cn3)CC2)ncn1. The molecule has 1 saturated heterocycles. The van der Waals surface area contributed by atoms with Gasteiger partial charge < -0.3 is 9.47 Å². The maximum absolute atomic E-state index is 11.7. The van der Waals surface area contributed by atoms with Crippen LogP contribution in [-0.2, 0) is 13.6 Å². The zero-order chi connectivity index (χ0) is 17.1. The zero-order valence-corrected chi connectivity index (χ0v) is 14.5. The van der Waals surface area contributed by atoms with Crippen molar-refractivity contribution in [1.29, 1.82) is 0 Å². The molecule has 0 radical (unpaired) electrons. The third kappa shape index (κ3) is 3.79. The predicted molar refractivity (Wildman–Crippen MR) is 92.9 cm³/mol. The van der Waals surface area contributed by atoms with Gasteiger partial charge in [-0.15, -0.1) is 0 Å². The summed E-state index contributed by atoms with van der Waals surface area (Å²) in [5, 5.41) is 0. The topological polar surface area (TPSA) is 67.2 Å². The molecular weight excluding hydrogens is 304 g/mol. The Morgan fingerprint density at radius 2 is 1.96 bits per heavy atom. The fourth-order valence-corrected chi connectivity index (χ4v) is 3.10. The molecule has 3 rings (SSSR count). The van der Waals surface area contributed by atoms with Crippen LogP contribution in [0.4, 0.5) is 5.82 Å². The first-order chi connectivity index (χ1) is 11.5. The Bertz CT molecular complexity index is 751. The molecule has 0 unspecified atom stereocenters. The average Bonchev–Trinajstić information content (AvgIpc) is 2.58. The first kappa shape index (κ1) is 16.6. The Labute approximate surface area is 142 Å². The van der Waals surface area contributed by atoms with E-state index in [2.05, 4.69) is 31.8 Å². The van der Waals surface area contributed by atoms with Gasteiger partial charge in [0.15, 0.2) is 0 Å². The molecule has 0 saturated carbocycles. The highest BCUT2D eigenvalue weighted by Crippen LogP contribution is 2.21. The molecule has 2 aromatic rings. The van der Waals surface area contributed by atoms with Crippen LogP contribution < -0.4 is 10.5 Å². The van der Waals surface area contributed by atoms with E-state index in [1.165, 1.54) is 4.57 Å². The van der Waals surface area contributed by atoms with Crippen molar-refractivity contribution in [2.45, 2.75) is 32.4 Å². The minimum absolute atomic E-state index is 0.00579. The number of hydrogen-bond acceptors (Lipinski definition) is 6. The van der Waals surface area contributed by atoms with Crippen LogP contribution in [0, 0.1) is 6.92 Å². The van der Waals surface area contributed by atoms with E-state index in [-0.39, 0.29) is 5.56 Å². The number of aromatic nitrogens is 4. The van der Waals surface area contributed by atoms with E-state index in [1.54, 1.807) is 25.8 Å². The van der Waals surface area contributed by atoms with Gasteiger partial charge in [0.1, 0.15) is 12.1 Å². The van der Waals surface area contributed by atoms with Crippen molar-refractivity contribution in [2.24, 2.45) is 7.05 Å². The number of piperidine rings is 1. The monoisotopic (exact) mass is 328 g/mol. The van der Waals surface area contributed by atoms with Gasteiger partial charge in [-0.1, -0.05) is 0 Å². The standard InChI is InChI=1S/C17H24N6O/c1-13-8-16(19-11-18-13)22(3)15-4-6-23(7-5-15)10-14-9-17(24)21(2)12-20-14/h8-9,11-12,15H,4-7,10H2,1-3H3. The second kappa shape index (κ2) is 7.09. The second-order valence-electron chi connectivity index (χ2n) is 6.47. The smallest absolute Gasteiger partial charge is 0.253 e. The van der Waals surface area contributed by atoms with Crippen molar-refractivity contribution >= 4 is 5.82 Å². The molecule has 7 nitrogen and oxygen atoms in total. The van der Waals surface area contributed by atoms with Crippen LogP contribution in [0.2, 0.25) is 0 Å². The van der Waals surface area contributed by atoms with Gasteiger partial charge >= 0.3 is 0 Å². The van der Waals surface area contributed by atoms with Gasteiger partial charge in [-0.3, -0.25) is 9.69 Å². The highest BCUT2D eigenvalue weighted by Gasteiger charge is 2.23. The van der Waals surface area contributed by atoms with E-state index in [9.17, 15) is 4.79 Å². The van der Waals surface area contributed by atoms with Crippen LogP contribution >= 0.6 is 0 Å². The Morgan fingerprint density at radius 3 is 2.62 bits per heavy atom. The first-order valence-electron chi connectivity index (χ1n) is 8.28. The van der Waals surface area contributed by atoms with Crippen molar-refractivity contribution in [3.05, 3.63) is 46.5 Å². The molecule has 2 aromatic heterocycles. The Morgan fingerprint density at radius 1 is 1.21 bits per heavy atom. The maximum Gasteiger partial charge on any atom is 0.253 e. The van der Waals surface area contributed by atoms with E-state index in [0.29, 0.717) is 6.04 Å². The van der Waals surface area contributed by atoms with Crippen molar-refractivity contribution in [1.82, 2.24) is 24.4 Å². The number of aryl methyl sites for hydroxylation is 2. The summed E-state index contributed by atoms with van der Waals surface area (Å²) < 4.78 is 1.49. The van der Waals surface area contributed by atoms with Crippen molar-refractivity contribution < 1.29 is 0 Å². The molecule has 0 bridgehead atoms. The number of nitrogens with zero attached hydrogens (tertiary/aromatic N) is 6. The van der Waals surface area contributed by atoms with Crippen molar-refractivity contribution in [3.63, 3.8) is 0 Å². The largest absolute Gasteiger partial charge is 0.356 e. The van der Waals surface area contributed by atoms with Gasteiger partial charge in [0.05, 0.1) is 12.0 Å². The van der Waals surface area contributed by atoms with Crippen LogP contribution in [-0.4, -0.2) is 50.6 Å². The van der Waals surface area contributed by atoms with Gasteiger partial charge in [-0.05, 0) is 19.8 Å². The van der Waals surface area contributed by atoms with E-state index >= 15 is 0 Å². The molecule has 3 heterocycles. The molecule has 1 aliphatic rings. The summed E-state index contributed by atoms with van der Waals surface area (Å²) in [5.41, 5.74) is 1.83. The lowest BCUT2D eigenvalue weighted by molar-refractivity contribution is 0.201. The van der Waals surface area contributed by atoms with Crippen molar-refractivity contribution in [2.75, 3.05) is 25.0 Å². The quantitative estimate of drug-likeness (QED) is 0.833. The molecule has 0 aliphatic carbocycles. The molecule has 0 N–H and O–H groups in total. The van der Waals surface area contributed by atoms with Gasteiger partial charge in [-0.25, -0.2) is 15.0 Å². The fourth-order valence-electron chi connectivity index (χ4n) is 3.10. The van der Waals surface area contributed by atoms with E-state index in [1.807, 2.05) is 13.0 Å². The number of anilines is 1. The van der Waals surface area contributed by atoms with Crippen LogP contribution in [0.3, 0.4) is 0 Å². The van der Waals surface area contributed by atoms with E-state index < -0.39 is 0 Å². The number of likely N-dealkylation sites (tertiary alicyclic amines) is 1. The van der Waals surface area contributed by atoms with Crippen LogP contribution in [0.5, 0.6) is 0 Å². The second-order valence-corrected chi connectivity index (χ2v) is 6.47. The summed E-state index contributed by atoms with van der Waals surface area (Å²) in [6.07, 6.45) is 5.36. The predicted octanol–water partition coefficient (Wildman–Crippen LogP) is 0.980. The van der Waals surface area contributed by atoms with Gasteiger partial charge in [0, 0.05) is 57.6 Å². The molecule has 0 spiro atoms. The zero-order valence-electron chi connectivity index (χ0n) is 14.5. The average molecular weight is 328 g/mol. The summed E-state index contributed by atoms with van der Waals surface area (Å²) in [7, 11) is 3.82. The Kier molecular flexibility index (Phi) is 4.89. The molecule has 1 fully saturated rings. The summed E-state index contributed by atoms with van der Waals surface area (Å²) in [4.78, 5) is 29.2. The summed E-state index contributed by atoms with van der Waals surface area (Å²) in [6, 6.07) is 4.13. The lowest BCUT2D eigenvalue weighted by Gasteiger charge is -2.37. The van der Waals surface area contributed by atoms with E-state index in [4.69, 9.17) is 0 Å². The molecule has 0 amide bonds.